The number of anilines is 1. The number of rotatable bonds is 7. The molecule has 5 nitrogen and oxygen atoms in total. The Balaban J connectivity index is 2.39. The second kappa shape index (κ2) is 6.51. The number of nitrogen functional groups attached to an aromatic ring is 1. The highest BCUT2D eigenvalue weighted by atomic mass is 32.2. The van der Waals surface area contributed by atoms with Gasteiger partial charge in [-0.1, -0.05) is 0 Å². The van der Waals surface area contributed by atoms with Crippen molar-refractivity contribution in [1.29, 1.82) is 0 Å². The summed E-state index contributed by atoms with van der Waals surface area (Å²) in [5.41, 5.74) is 6.00. The highest BCUT2D eigenvalue weighted by Crippen LogP contribution is 2.21. The molecule has 1 rings (SSSR count). The second-order valence-electron chi connectivity index (χ2n) is 4.52. The van der Waals surface area contributed by atoms with E-state index in [0.717, 1.165) is 24.3 Å². The standard InChI is InChI=1S/C11H21N3O2S2/c1-9(2)14(3)6-4-5-13-18(15,16)11-7-10(12)8-17-11/h7-9,13H,4-6,12H2,1-3H3. The zero-order chi connectivity index (χ0) is 13.8. The van der Waals surface area contributed by atoms with Gasteiger partial charge in [-0.3, -0.25) is 0 Å². The van der Waals surface area contributed by atoms with Crippen molar-refractivity contribution in [3.8, 4) is 0 Å². The Bertz CT molecular complexity index is 468. The van der Waals surface area contributed by atoms with Crippen LogP contribution in [0.2, 0.25) is 0 Å². The molecule has 104 valence electrons. The number of sulfonamides is 1. The maximum Gasteiger partial charge on any atom is 0.250 e. The van der Waals surface area contributed by atoms with E-state index in [2.05, 4.69) is 23.5 Å². The minimum Gasteiger partial charge on any atom is -0.398 e. The third-order valence-corrected chi connectivity index (χ3v) is 5.64. The summed E-state index contributed by atoms with van der Waals surface area (Å²) in [6, 6.07) is 1.95. The van der Waals surface area contributed by atoms with Crippen molar-refractivity contribution >= 4 is 27.0 Å². The van der Waals surface area contributed by atoms with E-state index in [1.165, 1.54) is 6.07 Å². The van der Waals surface area contributed by atoms with Crippen molar-refractivity contribution in [1.82, 2.24) is 9.62 Å². The molecule has 0 amide bonds. The summed E-state index contributed by atoms with van der Waals surface area (Å²) in [4.78, 5) is 2.18. The van der Waals surface area contributed by atoms with Crippen LogP contribution >= 0.6 is 11.3 Å². The molecule has 1 aromatic heterocycles. The van der Waals surface area contributed by atoms with Crippen LogP contribution in [-0.4, -0.2) is 39.5 Å². The van der Waals surface area contributed by atoms with E-state index in [-0.39, 0.29) is 4.21 Å². The highest BCUT2D eigenvalue weighted by molar-refractivity contribution is 7.91. The number of nitrogens with two attached hydrogens (primary N) is 1. The van der Waals surface area contributed by atoms with E-state index in [0.29, 0.717) is 18.3 Å². The number of thiophene rings is 1. The van der Waals surface area contributed by atoms with Gasteiger partial charge in [0, 0.05) is 23.7 Å². The van der Waals surface area contributed by atoms with Gasteiger partial charge in [-0.2, -0.15) is 0 Å². The van der Waals surface area contributed by atoms with E-state index in [1.54, 1.807) is 5.38 Å². The van der Waals surface area contributed by atoms with Crippen LogP contribution in [0.25, 0.3) is 0 Å². The molecule has 0 bridgehead atoms. The molecule has 0 atom stereocenters. The summed E-state index contributed by atoms with van der Waals surface area (Å²) >= 11 is 1.14. The number of nitrogens with zero attached hydrogens (tertiary/aromatic N) is 1. The predicted octanol–water partition coefficient (Wildman–Crippen LogP) is 1.34. The van der Waals surface area contributed by atoms with Gasteiger partial charge in [0.05, 0.1) is 0 Å². The van der Waals surface area contributed by atoms with Crippen LogP contribution in [0.1, 0.15) is 20.3 Å². The van der Waals surface area contributed by atoms with Crippen LogP contribution < -0.4 is 10.5 Å². The van der Waals surface area contributed by atoms with Gasteiger partial charge in [0.15, 0.2) is 0 Å². The molecule has 0 aliphatic heterocycles. The van der Waals surface area contributed by atoms with Gasteiger partial charge in [-0.25, -0.2) is 13.1 Å². The normalized spacial score (nSPS) is 12.5. The topological polar surface area (TPSA) is 75.4 Å². The van der Waals surface area contributed by atoms with Gasteiger partial charge in [0.2, 0.25) is 10.0 Å². The Morgan fingerprint density at radius 2 is 2.17 bits per heavy atom. The predicted molar refractivity (Wildman–Crippen MR) is 76.3 cm³/mol. The Kier molecular flexibility index (Phi) is 5.58. The molecule has 0 fully saturated rings. The van der Waals surface area contributed by atoms with Crippen molar-refractivity contribution in [3.63, 3.8) is 0 Å². The molecule has 3 N–H and O–H groups in total. The molecular weight excluding hydrogens is 270 g/mol. The largest absolute Gasteiger partial charge is 0.398 e. The van der Waals surface area contributed by atoms with Crippen molar-refractivity contribution in [2.45, 2.75) is 30.5 Å². The average molecular weight is 291 g/mol. The molecular formula is C11H21N3O2S2. The van der Waals surface area contributed by atoms with Crippen molar-refractivity contribution in [3.05, 3.63) is 11.4 Å². The van der Waals surface area contributed by atoms with Crippen LogP contribution in [0.5, 0.6) is 0 Å². The molecule has 1 heterocycles. The van der Waals surface area contributed by atoms with Gasteiger partial charge in [0.25, 0.3) is 0 Å². The first-order chi connectivity index (χ1) is 8.33. The second-order valence-corrected chi connectivity index (χ2v) is 7.43. The molecule has 0 saturated carbocycles. The lowest BCUT2D eigenvalue weighted by molar-refractivity contribution is 0.271. The summed E-state index contributed by atoms with van der Waals surface area (Å²) in [6.07, 6.45) is 0.786. The molecule has 0 aromatic carbocycles. The maximum atomic E-state index is 11.9. The van der Waals surface area contributed by atoms with Crippen LogP contribution in [0, 0.1) is 0 Å². The van der Waals surface area contributed by atoms with Crippen LogP contribution in [0.4, 0.5) is 5.69 Å². The van der Waals surface area contributed by atoms with Crippen LogP contribution in [-0.2, 0) is 10.0 Å². The maximum absolute atomic E-state index is 11.9. The molecule has 18 heavy (non-hydrogen) atoms. The quantitative estimate of drug-likeness (QED) is 0.743. The third-order valence-electron chi connectivity index (χ3n) is 2.72. The molecule has 0 aliphatic carbocycles. The van der Waals surface area contributed by atoms with E-state index >= 15 is 0 Å². The lowest BCUT2D eigenvalue weighted by atomic mass is 10.3. The third kappa shape index (κ3) is 4.56. The van der Waals surface area contributed by atoms with Gasteiger partial charge >= 0.3 is 0 Å². The first-order valence-electron chi connectivity index (χ1n) is 5.87. The average Bonchev–Trinajstić information content (AvgIpc) is 2.71. The minimum atomic E-state index is -3.39. The molecule has 0 radical (unpaired) electrons. The van der Waals surface area contributed by atoms with E-state index in [9.17, 15) is 8.42 Å². The number of hydrogen-bond acceptors (Lipinski definition) is 5. The molecule has 7 heteroatoms. The molecule has 0 spiro atoms. The van der Waals surface area contributed by atoms with Crippen molar-refractivity contribution in [2.24, 2.45) is 0 Å². The van der Waals surface area contributed by atoms with Crippen molar-refractivity contribution < 1.29 is 8.42 Å². The SMILES string of the molecule is CC(C)N(C)CCCNS(=O)(=O)c1cc(N)cs1. The Hall–Kier alpha value is -0.630. The Morgan fingerprint density at radius 3 is 2.67 bits per heavy atom. The summed E-state index contributed by atoms with van der Waals surface area (Å²) in [6.45, 7) is 5.53. The number of nitrogens with one attached hydrogen (secondary N) is 1. The van der Waals surface area contributed by atoms with Crippen molar-refractivity contribution in [2.75, 3.05) is 25.9 Å². The van der Waals surface area contributed by atoms with E-state index in [4.69, 9.17) is 5.73 Å². The number of hydrogen-bond donors (Lipinski definition) is 2. The van der Waals surface area contributed by atoms with Gasteiger partial charge in [-0.05, 0) is 39.9 Å². The fourth-order valence-electron chi connectivity index (χ4n) is 1.34. The Labute approximate surface area is 113 Å². The van der Waals surface area contributed by atoms with E-state index in [1.807, 2.05) is 7.05 Å². The first kappa shape index (κ1) is 15.4. The molecule has 1 aromatic rings. The Morgan fingerprint density at radius 1 is 1.50 bits per heavy atom. The van der Waals surface area contributed by atoms with Gasteiger partial charge in [0.1, 0.15) is 4.21 Å². The van der Waals surface area contributed by atoms with Crippen LogP contribution in [0.15, 0.2) is 15.7 Å². The smallest absolute Gasteiger partial charge is 0.250 e. The monoisotopic (exact) mass is 291 g/mol. The van der Waals surface area contributed by atoms with Crippen LogP contribution in [0.3, 0.4) is 0 Å². The zero-order valence-corrected chi connectivity index (χ0v) is 12.6. The highest BCUT2D eigenvalue weighted by Gasteiger charge is 2.15. The zero-order valence-electron chi connectivity index (χ0n) is 11.0. The van der Waals surface area contributed by atoms with Gasteiger partial charge in [-0.15, -0.1) is 11.3 Å². The lowest BCUT2D eigenvalue weighted by Crippen LogP contribution is -2.31. The minimum absolute atomic E-state index is 0.275. The van der Waals surface area contributed by atoms with E-state index < -0.39 is 10.0 Å². The molecule has 0 unspecified atom stereocenters. The summed E-state index contributed by atoms with van der Waals surface area (Å²) < 4.78 is 26.6. The van der Waals surface area contributed by atoms with Gasteiger partial charge < -0.3 is 10.6 Å². The molecule has 0 saturated heterocycles. The first-order valence-corrected chi connectivity index (χ1v) is 8.23. The summed E-state index contributed by atoms with van der Waals surface area (Å²) in [5, 5.41) is 1.63. The summed E-state index contributed by atoms with van der Waals surface area (Å²) in [5.74, 6) is 0. The lowest BCUT2D eigenvalue weighted by Gasteiger charge is -2.20. The summed E-state index contributed by atoms with van der Waals surface area (Å²) in [7, 11) is -1.36. The fourth-order valence-corrected chi connectivity index (χ4v) is 3.53. The molecule has 0 aliphatic rings. The fraction of sp³-hybridized carbons (Fsp3) is 0.636.